The average Bonchev–Trinajstić information content (AvgIpc) is 2.95. The van der Waals surface area contributed by atoms with Gasteiger partial charge in [-0.25, -0.2) is 4.98 Å². The lowest BCUT2D eigenvalue weighted by atomic mass is 9.74. The molecule has 1 aliphatic rings. The van der Waals surface area contributed by atoms with Crippen molar-refractivity contribution in [3.8, 4) is 0 Å². The van der Waals surface area contributed by atoms with Gasteiger partial charge in [0, 0.05) is 31.7 Å². The molecule has 1 aromatic rings. The zero-order chi connectivity index (χ0) is 15.5. The summed E-state index contributed by atoms with van der Waals surface area (Å²) in [6.07, 6.45) is 2.08. The molecule has 1 fully saturated rings. The van der Waals surface area contributed by atoms with E-state index in [9.17, 15) is 4.79 Å². The van der Waals surface area contributed by atoms with Crippen LogP contribution < -0.4 is 4.90 Å². The Morgan fingerprint density at radius 2 is 2.24 bits per heavy atom. The molecule has 1 unspecified atom stereocenters. The van der Waals surface area contributed by atoms with E-state index in [4.69, 9.17) is 9.47 Å². The standard InChI is InChI=1S/C14H23N3O3S/c1-14(2,12(18)20-4)10-6-5-7-17(8-10)13-15-11(9-19-3)16-21-13/h10H,5-9H2,1-4H3. The number of ether oxygens (including phenoxy) is 2. The van der Waals surface area contributed by atoms with E-state index < -0.39 is 5.41 Å². The van der Waals surface area contributed by atoms with Crippen molar-refractivity contribution < 1.29 is 14.3 Å². The normalized spacial score (nSPS) is 19.6. The third-order valence-corrected chi connectivity index (χ3v) is 4.97. The van der Waals surface area contributed by atoms with Gasteiger partial charge in [0.05, 0.1) is 12.5 Å². The molecule has 1 aliphatic heterocycles. The van der Waals surface area contributed by atoms with Gasteiger partial charge in [-0.05, 0) is 32.6 Å². The first kappa shape index (κ1) is 16.2. The largest absolute Gasteiger partial charge is 0.469 e. The number of carbonyl (C=O) groups is 1. The van der Waals surface area contributed by atoms with Crippen molar-refractivity contribution >= 4 is 22.6 Å². The molecule has 1 atom stereocenters. The van der Waals surface area contributed by atoms with Gasteiger partial charge in [0.25, 0.3) is 0 Å². The van der Waals surface area contributed by atoms with Crippen LogP contribution >= 0.6 is 11.5 Å². The van der Waals surface area contributed by atoms with Crippen molar-refractivity contribution in [2.24, 2.45) is 11.3 Å². The maximum absolute atomic E-state index is 12.0. The predicted molar refractivity (Wildman–Crippen MR) is 81.4 cm³/mol. The van der Waals surface area contributed by atoms with Crippen LogP contribution in [0, 0.1) is 11.3 Å². The smallest absolute Gasteiger partial charge is 0.311 e. The summed E-state index contributed by atoms with van der Waals surface area (Å²) in [6, 6.07) is 0. The quantitative estimate of drug-likeness (QED) is 0.776. The van der Waals surface area contributed by atoms with Crippen LogP contribution in [-0.2, 0) is 20.9 Å². The van der Waals surface area contributed by atoms with Crippen LogP contribution in [0.5, 0.6) is 0 Å². The molecular weight excluding hydrogens is 290 g/mol. The summed E-state index contributed by atoms with van der Waals surface area (Å²) < 4.78 is 14.3. The second kappa shape index (κ2) is 6.70. The van der Waals surface area contributed by atoms with Gasteiger partial charge >= 0.3 is 5.97 Å². The molecule has 0 N–H and O–H groups in total. The first-order valence-corrected chi connectivity index (χ1v) is 7.91. The Hall–Kier alpha value is -1.21. The number of carbonyl (C=O) groups excluding carboxylic acids is 1. The Morgan fingerprint density at radius 1 is 1.48 bits per heavy atom. The zero-order valence-electron chi connectivity index (χ0n) is 13.1. The maximum atomic E-state index is 12.0. The highest BCUT2D eigenvalue weighted by Gasteiger charge is 2.40. The third-order valence-electron chi connectivity index (χ3n) is 4.15. The molecule has 0 aromatic carbocycles. The number of methoxy groups -OCH3 is 2. The van der Waals surface area contributed by atoms with Gasteiger partial charge in [0.15, 0.2) is 5.82 Å². The molecule has 6 nitrogen and oxygen atoms in total. The van der Waals surface area contributed by atoms with Crippen LogP contribution in [0.15, 0.2) is 0 Å². The summed E-state index contributed by atoms with van der Waals surface area (Å²) in [5.74, 6) is 0.826. The maximum Gasteiger partial charge on any atom is 0.311 e. The van der Waals surface area contributed by atoms with Crippen molar-refractivity contribution in [3.63, 3.8) is 0 Å². The van der Waals surface area contributed by atoms with Gasteiger partial charge in [-0.1, -0.05) is 0 Å². The van der Waals surface area contributed by atoms with Crippen LogP contribution in [0.3, 0.4) is 0 Å². The van der Waals surface area contributed by atoms with Gasteiger partial charge in [-0.15, -0.1) is 0 Å². The minimum atomic E-state index is -0.479. The van der Waals surface area contributed by atoms with Crippen molar-refractivity contribution in [1.29, 1.82) is 0 Å². The van der Waals surface area contributed by atoms with E-state index in [1.54, 1.807) is 7.11 Å². The molecule has 0 bridgehead atoms. The van der Waals surface area contributed by atoms with Gasteiger partial charge in [-0.3, -0.25) is 4.79 Å². The number of piperidine rings is 1. The summed E-state index contributed by atoms with van der Waals surface area (Å²) in [5, 5.41) is 0.910. The van der Waals surface area contributed by atoms with Crippen LogP contribution in [0.25, 0.3) is 0 Å². The van der Waals surface area contributed by atoms with Crippen LogP contribution in [0.1, 0.15) is 32.5 Å². The van der Waals surface area contributed by atoms with Crippen LogP contribution in [0.4, 0.5) is 5.13 Å². The van der Waals surface area contributed by atoms with Gasteiger partial charge in [0.1, 0.15) is 6.61 Å². The Morgan fingerprint density at radius 3 is 2.90 bits per heavy atom. The SMILES string of the molecule is COCc1nsc(N2CCCC(C(C)(C)C(=O)OC)C2)n1. The van der Waals surface area contributed by atoms with Crippen molar-refractivity contribution in [3.05, 3.63) is 5.82 Å². The molecule has 7 heteroatoms. The van der Waals surface area contributed by atoms with E-state index in [-0.39, 0.29) is 11.9 Å². The van der Waals surface area contributed by atoms with Crippen molar-refractivity contribution in [2.45, 2.75) is 33.3 Å². The number of rotatable bonds is 5. The van der Waals surface area contributed by atoms with Gasteiger partial charge in [0.2, 0.25) is 5.13 Å². The van der Waals surface area contributed by atoms with E-state index in [1.165, 1.54) is 18.6 Å². The minimum absolute atomic E-state index is 0.147. The Kier molecular flexibility index (Phi) is 5.16. The lowest BCUT2D eigenvalue weighted by Gasteiger charge is -2.39. The molecule has 0 spiro atoms. The van der Waals surface area contributed by atoms with E-state index in [2.05, 4.69) is 14.3 Å². The predicted octanol–water partition coefficient (Wildman–Crippen LogP) is 2.10. The van der Waals surface area contributed by atoms with E-state index in [0.717, 1.165) is 31.1 Å². The number of aromatic nitrogens is 2. The molecule has 0 amide bonds. The lowest BCUT2D eigenvalue weighted by Crippen LogP contribution is -2.45. The highest BCUT2D eigenvalue weighted by molar-refractivity contribution is 7.09. The minimum Gasteiger partial charge on any atom is -0.469 e. The first-order valence-electron chi connectivity index (χ1n) is 7.14. The van der Waals surface area contributed by atoms with Crippen molar-refractivity contribution in [1.82, 2.24) is 9.36 Å². The monoisotopic (exact) mass is 313 g/mol. The van der Waals surface area contributed by atoms with Crippen LogP contribution in [0.2, 0.25) is 0 Å². The topological polar surface area (TPSA) is 64.5 Å². The molecule has 1 saturated heterocycles. The summed E-state index contributed by atoms with van der Waals surface area (Å²) >= 11 is 1.39. The highest BCUT2D eigenvalue weighted by atomic mass is 32.1. The number of hydrogen-bond acceptors (Lipinski definition) is 7. The fourth-order valence-electron chi connectivity index (χ4n) is 2.73. The summed E-state index contributed by atoms with van der Waals surface area (Å²) in [7, 11) is 3.09. The fraction of sp³-hybridized carbons (Fsp3) is 0.786. The summed E-state index contributed by atoms with van der Waals surface area (Å²) in [6.45, 7) is 6.12. The molecule has 0 aliphatic carbocycles. The van der Waals surface area contributed by atoms with E-state index in [1.807, 2.05) is 13.8 Å². The summed E-state index contributed by atoms with van der Waals surface area (Å²) in [5.41, 5.74) is -0.479. The fourth-order valence-corrected chi connectivity index (χ4v) is 3.44. The number of anilines is 1. The van der Waals surface area contributed by atoms with E-state index in [0.29, 0.717) is 12.4 Å². The second-order valence-corrected chi connectivity index (χ2v) is 6.65. The highest BCUT2D eigenvalue weighted by Crippen LogP contribution is 2.36. The molecule has 2 heterocycles. The van der Waals surface area contributed by atoms with Crippen LogP contribution in [-0.4, -0.2) is 42.6 Å². The Balaban J connectivity index is 2.07. The molecule has 2 rings (SSSR count). The van der Waals surface area contributed by atoms with Crippen molar-refractivity contribution in [2.75, 3.05) is 32.2 Å². The average molecular weight is 313 g/mol. The van der Waals surface area contributed by atoms with Gasteiger partial charge < -0.3 is 14.4 Å². The number of nitrogens with zero attached hydrogens (tertiary/aromatic N) is 3. The number of hydrogen-bond donors (Lipinski definition) is 0. The molecule has 118 valence electrons. The second-order valence-electron chi connectivity index (χ2n) is 5.92. The lowest BCUT2D eigenvalue weighted by molar-refractivity contribution is -0.154. The molecule has 1 aromatic heterocycles. The Bertz CT molecular complexity index is 490. The molecular formula is C14H23N3O3S. The molecule has 0 radical (unpaired) electrons. The zero-order valence-corrected chi connectivity index (χ0v) is 13.9. The van der Waals surface area contributed by atoms with Gasteiger partial charge in [-0.2, -0.15) is 4.37 Å². The number of esters is 1. The first-order chi connectivity index (χ1) is 9.98. The summed E-state index contributed by atoms with van der Waals surface area (Å²) in [4.78, 5) is 18.7. The molecule has 21 heavy (non-hydrogen) atoms. The third kappa shape index (κ3) is 3.52. The van der Waals surface area contributed by atoms with E-state index >= 15 is 0 Å². The molecule has 0 saturated carbocycles. The Labute approximate surface area is 129 Å².